The minimum atomic E-state index is -0.885. The molecule has 0 saturated carbocycles. The zero-order valence-corrected chi connectivity index (χ0v) is 18.0. The Balaban J connectivity index is 1.73. The van der Waals surface area contributed by atoms with E-state index in [0.717, 1.165) is 5.56 Å². The number of thiocarbonyl (C=S) groups is 1. The Hall–Kier alpha value is -2.55. The first-order valence-electron chi connectivity index (χ1n) is 8.46. The third kappa shape index (κ3) is 7.41. The average Bonchev–Trinajstić information content (AvgIpc) is 2.67. The number of halogens is 2. The second-order valence-corrected chi connectivity index (χ2v) is 7.13. The molecule has 10 heteroatoms. The van der Waals surface area contributed by atoms with Crippen molar-refractivity contribution >= 4 is 52.3 Å². The van der Waals surface area contributed by atoms with Crippen LogP contribution in [0.15, 0.2) is 42.5 Å². The number of nitrogens with one attached hydrogen (secondary N) is 3. The lowest BCUT2D eigenvalue weighted by molar-refractivity contribution is -0.128. The zero-order valence-electron chi connectivity index (χ0n) is 15.6. The molecule has 0 aliphatic heterocycles. The Labute approximate surface area is 183 Å². The number of hydrazine groups is 1. The fourth-order valence-electron chi connectivity index (χ4n) is 2.09. The highest BCUT2D eigenvalue weighted by molar-refractivity contribution is 7.80. The molecule has 0 saturated heterocycles. The van der Waals surface area contributed by atoms with Gasteiger partial charge in [-0.25, -0.2) is 0 Å². The summed E-state index contributed by atoms with van der Waals surface area (Å²) < 4.78 is 10.9. The summed E-state index contributed by atoms with van der Waals surface area (Å²) in [7, 11) is 0. The smallest absolute Gasteiger partial charge is 0.279 e. The van der Waals surface area contributed by atoms with E-state index in [1.807, 2.05) is 25.1 Å². The van der Waals surface area contributed by atoms with Crippen molar-refractivity contribution in [1.82, 2.24) is 16.2 Å². The third-order valence-corrected chi connectivity index (χ3v) is 4.31. The second kappa shape index (κ2) is 10.8. The molecule has 0 heterocycles. The molecular formula is C19H19Cl2N3O4S. The maximum absolute atomic E-state index is 12.1. The predicted molar refractivity (Wildman–Crippen MR) is 115 cm³/mol. The van der Waals surface area contributed by atoms with Crippen LogP contribution in [0.2, 0.25) is 10.0 Å². The average molecular weight is 456 g/mol. The minimum absolute atomic E-state index is 0.0894. The summed E-state index contributed by atoms with van der Waals surface area (Å²) in [6.07, 6.45) is -0.885. The number of carbonyl (C=O) groups excluding carboxylic acids is 2. The summed E-state index contributed by atoms with van der Waals surface area (Å²) in [5.41, 5.74) is 5.67. The summed E-state index contributed by atoms with van der Waals surface area (Å²) in [4.78, 5) is 24.0. The Morgan fingerprint density at radius 3 is 2.52 bits per heavy atom. The highest BCUT2D eigenvalue weighted by Gasteiger charge is 2.17. The monoisotopic (exact) mass is 455 g/mol. The van der Waals surface area contributed by atoms with Gasteiger partial charge in [-0.15, -0.1) is 0 Å². The summed E-state index contributed by atoms with van der Waals surface area (Å²) >= 11 is 16.8. The van der Waals surface area contributed by atoms with E-state index in [-0.39, 0.29) is 16.7 Å². The number of ether oxygens (including phenoxy) is 2. The van der Waals surface area contributed by atoms with E-state index in [4.69, 9.17) is 44.9 Å². The van der Waals surface area contributed by atoms with Gasteiger partial charge in [-0.3, -0.25) is 25.8 Å². The highest BCUT2D eigenvalue weighted by atomic mass is 35.5. The van der Waals surface area contributed by atoms with Gasteiger partial charge in [0.15, 0.2) is 17.8 Å². The molecule has 1 atom stereocenters. The van der Waals surface area contributed by atoms with Crippen molar-refractivity contribution in [2.24, 2.45) is 0 Å². The van der Waals surface area contributed by atoms with E-state index < -0.39 is 17.9 Å². The quantitative estimate of drug-likeness (QED) is 0.457. The van der Waals surface area contributed by atoms with E-state index in [1.54, 1.807) is 18.2 Å². The number of benzene rings is 2. The number of aryl methyl sites for hydroxylation is 1. The number of amides is 2. The summed E-state index contributed by atoms with van der Waals surface area (Å²) in [5, 5.41) is 3.04. The Bertz CT molecular complexity index is 911. The first-order chi connectivity index (χ1) is 13.8. The van der Waals surface area contributed by atoms with Crippen LogP contribution in [0.5, 0.6) is 11.5 Å². The Morgan fingerprint density at radius 1 is 1.10 bits per heavy atom. The van der Waals surface area contributed by atoms with Crippen molar-refractivity contribution in [3.8, 4) is 11.5 Å². The van der Waals surface area contributed by atoms with Gasteiger partial charge in [-0.1, -0.05) is 41.4 Å². The Kier molecular flexibility index (Phi) is 8.50. The fraction of sp³-hybridized carbons (Fsp3) is 0.211. The van der Waals surface area contributed by atoms with Gasteiger partial charge in [-0.05, 0) is 55.9 Å². The van der Waals surface area contributed by atoms with Gasteiger partial charge >= 0.3 is 0 Å². The molecule has 0 aromatic heterocycles. The molecule has 0 aliphatic carbocycles. The molecule has 0 aliphatic rings. The molecule has 0 fully saturated rings. The molecule has 2 rings (SSSR count). The Morgan fingerprint density at radius 2 is 1.83 bits per heavy atom. The van der Waals surface area contributed by atoms with Crippen LogP contribution in [-0.4, -0.2) is 29.6 Å². The van der Waals surface area contributed by atoms with E-state index in [2.05, 4.69) is 16.2 Å². The lowest BCUT2D eigenvalue weighted by Crippen LogP contribution is -2.52. The standard InChI is InChI=1S/C19H19Cl2N3O4S/c1-11-5-3-4-6-15(11)27-10-17(25)22-19(29)24-23-18(26)12(2)28-16-8-7-13(20)9-14(16)21/h3-9,12H,10H2,1-2H3,(H,23,26)(H2,22,24,25,29). The summed E-state index contributed by atoms with van der Waals surface area (Å²) in [6.45, 7) is 3.17. The van der Waals surface area contributed by atoms with Crippen LogP contribution in [0, 0.1) is 6.92 Å². The lowest BCUT2D eigenvalue weighted by Gasteiger charge is -2.17. The molecule has 2 aromatic carbocycles. The van der Waals surface area contributed by atoms with E-state index in [1.165, 1.54) is 13.0 Å². The van der Waals surface area contributed by atoms with Crippen LogP contribution in [-0.2, 0) is 9.59 Å². The zero-order chi connectivity index (χ0) is 21.4. The molecule has 154 valence electrons. The molecule has 1 unspecified atom stereocenters. The van der Waals surface area contributed by atoms with Crippen molar-refractivity contribution in [2.45, 2.75) is 20.0 Å². The predicted octanol–water partition coefficient (Wildman–Crippen LogP) is 3.17. The number of hydrogen-bond donors (Lipinski definition) is 3. The van der Waals surface area contributed by atoms with Gasteiger partial charge in [-0.2, -0.15) is 0 Å². The fourth-order valence-corrected chi connectivity index (χ4v) is 2.71. The van der Waals surface area contributed by atoms with Crippen LogP contribution in [0.4, 0.5) is 0 Å². The molecule has 0 radical (unpaired) electrons. The molecule has 3 N–H and O–H groups in total. The maximum Gasteiger partial charge on any atom is 0.279 e. The lowest BCUT2D eigenvalue weighted by atomic mass is 10.2. The third-order valence-electron chi connectivity index (χ3n) is 3.57. The van der Waals surface area contributed by atoms with Gasteiger partial charge in [0.25, 0.3) is 11.8 Å². The molecule has 2 aromatic rings. The molecule has 29 heavy (non-hydrogen) atoms. The summed E-state index contributed by atoms with van der Waals surface area (Å²) in [6, 6.07) is 12.0. The molecule has 0 spiro atoms. The number of para-hydroxylation sites is 1. The van der Waals surface area contributed by atoms with Crippen LogP contribution >= 0.6 is 35.4 Å². The number of carbonyl (C=O) groups is 2. The van der Waals surface area contributed by atoms with Crippen molar-refractivity contribution in [3.05, 3.63) is 58.1 Å². The van der Waals surface area contributed by atoms with Crippen molar-refractivity contribution in [1.29, 1.82) is 0 Å². The molecule has 7 nitrogen and oxygen atoms in total. The van der Waals surface area contributed by atoms with Crippen LogP contribution in [0.1, 0.15) is 12.5 Å². The first kappa shape index (κ1) is 22.7. The van der Waals surface area contributed by atoms with Crippen molar-refractivity contribution < 1.29 is 19.1 Å². The second-order valence-electron chi connectivity index (χ2n) is 5.88. The van der Waals surface area contributed by atoms with Crippen molar-refractivity contribution in [3.63, 3.8) is 0 Å². The minimum Gasteiger partial charge on any atom is -0.483 e. The van der Waals surface area contributed by atoms with Gasteiger partial charge in [0, 0.05) is 5.02 Å². The van der Waals surface area contributed by atoms with E-state index in [0.29, 0.717) is 16.5 Å². The van der Waals surface area contributed by atoms with Crippen molar-refractivity contribution in [2.75, 3.05) is 6.61 Å². The molecule has 2 amide bonds. The van der Waals surface area contributed by atoms with Gasteiger partial charge < -0.3 is 9.47 Å². The van der Waals surface area contributed by atoms with Gasteiger partial charge in [0.1, 0.15) is 11.5 Å². The highest BCUT2D eigenvalue weighted by Crippen LogP contribution is 2.28. The first-order valence-corrected chi connectivity index (χ1v) is 9.62. The normalized spacial score (nSPS) is 11.2. The summed E-state index contributed by atoms with van der Waals surface area (Å²) in [5.74, 6) is -0.0920. The van der Waals surface area contributed by atoms with Gasteiger partial charge in [0.05, 0.1) is 5.02 Å². The molecular weight excluding hydrogens is 437 g/mol. The largest absolute Gasteiger partial charge is 0.483 e. The van der Waals surface area contributed by atoms with Gasteiger partial charge in [0.2, 0.25) is 0 Å². The maximum atomic E-state index is 12.1. The molecule has 0 bridgehead atoms. The van der Waals surface area contributed by atoms with Crippen LogP contribution in [0.3, 0.4) is 0 Å². The van der Waals surface area contributed by atoms with Crippen LogP contribution in [0.25, 0.3) is 0 Å². The van der Waals surface area contributed by atoms with E-state index >= 15 is 0 Å². The number of hydrogen-bond acceptors (Lipinski definition) is 5. The van der Waals surface area contributed by atoms with E-state index in [9.17, 15) is 9.59 Å². The topological polar surface area (TPSA) is 88.7 Å². The van der Waals surface area contributed by atoms with Crippen LogP contribution < -0.4 is 25.6 Å². The number of rotatable bonds is 6. The SMILES string of the molecule is Cc1ccccc1OCC(=O)NC(=S)NNC(=O)C(C)Oc1ccc(Cl)cc1Cl.